The van der Waals surface area contributed by atoms with Crippen LogP contribution in [0.3, 0.4) is 0 Å². The van der Waals surface area contributed by atoms with Gasteiger partial charge >= 0.3 is 6.18 Å². The Kier molecular flexibility index (Phi) is 3.36. The highest BCUT2D eigenvalue weighted by Gasteiger charge is 2.27. The van der Waals surface area contributed by atoms with Crippen LogP contribution in [0, 0.1) is 5.41 Å². The summed E-state index contributed by atoms with van der Waals surface area (Å²) < 4.78 is 37.8. The van der Waals surface area contributed by atoms with Crippen molar-refractivity contribution in [2.75, 3.05) is 0 Å². The number of pyridine rings is 1. The number of rotatable bonds is 3. The molecule has 2 rings (SSSR count). The van der Waals surface area contributed by atoms with E-state index < -0.39 is 19.1 Å². The molecular formula is C10H9ClF3N5. The van der Waals surface area contributed by atoms with Gasteiger partial charge in [0.1, 0.15) is 16.7 Å². The van der Waals surface area contributed by atoms with Crippen LogP contribution in [0.4, 0.5) is 13.2 Å². The highest BCUT2D eigenvalue weighted by molar-refractivity contribution is 6.29. The van der Waals surface area contributed by atoms with E-state index in [-0.39, 0.29) is 22.3 Å². The van der Waals surface area contributed by atoms with Crippen LogP contribution in [0.2, 0.25) is 5.15 Å². The summed E-state index contributed by atoms with van der Waals surface area (Å²) in [5.41, 5.74) is 5.62. The molecule has 2 heterocycles. The smallest absolute Gasteiger partial charge is 0.382 e. The summed E-state index contributed by atoms with van der Waals surface area (Å²) in [7, 11) is 0. The number of nitrogens with one attached hydrogen (secondary N) is 1. The summed E-state index contributed by atoms with van der Waals surface area (Å²) in [6, 6.07) is 2.99. The minimum Gasteiger partial charge on any atom is -0.382 e. The molecule has 19 heavy (non-hydrogen) atoms. The topological polar surface area (TPSA) is 80.6 Å². The van der Waals surface area contributed by atoms with Crippen LogP contribution in [0.15, 0.2) is 12.1 Å². The van der Waals surface area contributed by atoms with Gasteiger partial charge in [0.2, 0.25) is 0 Å². The first-order valence-corrected chi connectivity index (χ1v) is 5.60. The predicted octanol–water partition coefficient (Wildman–Crippen LogP) is 2.32. The van der Waals surface area contributed by atoms with Gasteiger partial charge in [-0.2, -0.15) is 18.3 Å². The molecule has 9 heteroatoms. The third-order valence-corrected chi connectivity index (χ3v) is 2.63. The van der Waals surface area contributed by atoms with E-state index in [1.54, 1.807) is 0 Å². The molecule has 0 aromatic carbocycles. The highest BCUT2D eigenvalue weighted by atomic mass is 35.5. The molecule has 2 aromatic heterocycles. The first kappa shape index (κ1) is 13.6. The van der Waals surface area contributed by atoms with Gasteiger partial charge in [-0.3, -0.25) is 5.41 Å². The second-order valence-electron chi connectivity index (χ2n) is 3.86. The van der Waals surface area contributed by atoms with E-state index in [2.05, 4.69) is 10.1 Å². The molecule has 0 aliphatic rings. The molecular weight excluding hydrogens is 283 g/mol. The van der Waals surface area contributed by atoms with Crippen molar-refractivity contribution in [2.45, 2.75) is 19.1 Å². The van der Waals surface area contributed by atoms with Crippen LogP contribution in [0.1, 0.15) is 12.1 Å². The van der Waals surface area contributed by atoms with E-state index in [0.717, 1.165) is 4.68 Å². The lowest BCUT2D eigenvalue weighted by molar-refractivity contribution is -0.137. The summed E-state index contributed by atoms with van der Waals surface area (Å²) in [5, 5.41) is 11.8. The van der Waals surface area contributed by atoms with Crippen LogP contribution in [0.25, 0.3) is 11.0 Å². The van der Waals surface area contributed by atoms with Gasteiger partial charge in [-0.1, -0.05) is 11.6 Å². The monoisotopic (exact) mass is 291 g/mol. The van der Waals surface area contributed by atoms with E-state index in [1.807, 2.05) is 0 Å². The number of hydrogen-bond acceptors (Lipinski definition) is 3. The predicted molar refractivity (Wildman–Crippen MR) is 64.2 cm³/mol. The Hall–Kier alpha value is -1.83. The van der Waals surface area contributed by atoms with Gasteiger partial charge in [-0.15, -0.1) is 0 Å². The minimum absolute atomic E-state index is 0.0985. The van der Waals surface area contributed by atoms with E-state index in [0.29, 0.717) is 5.39 Å². The third-order valence-electron chi connectivity index (χ3n) is 2.42. The summed E-state index contributed by atoms with van der Waals surface area (Å²) in [4.78, 5) is 3.93. The van der Waals surface area contributed by atoms with Crippen molar-refractivity contribution >= 4 is 28.5 Å². The summed E-state index contributed by atoms with van der Waals surface area (Å²) in [6.45, 7) is -0.402. The molecule has 0 aliphatic carbocycles. The maximum atomic E-state index is 12.2. The molecule has 3 N–H and O–H groups in total. The van der Waals surface area contributed by atoms with Gasteiger partial charge < -0.3 is 5.73 Å². The lowest BCUT2D eigenvalue weighted by atomic mass is 10.2. The molecule has 0 saturated heterocycles. The number of hydrogen-bond donors (Lipinski definition) is 2. The first-order valence-electron chi connectivity index (χ1n) is 5.22. The van der Waals surface area contributed by atoms with Crippen LogP contribution < -0.4 is 5.73 Å². The molecule has 0 unspecified atom stereocenters. The average molecular weight is 292 g/mol. The number of aryl methyl sites for hydroxylation is 1. The van der Waals surface area contributed by atoms with Crippen molar-refractivity contribution in [1.29, 1.82) is 5.41 Å². The molecule has 0 aliphatic heterocycles. The van der Waals surface area contributed by atoms with Crippen LogP contribution >= 0.6 is 11.6 Å². The largest absolute Gasteiger partial charge is 0.390 e. The van der Waals surface area contributed by atoms with Crippen molar-refractivity contribution in [2.24, 2.45) is 5.73 Å². The Morgan fingerprint density at radius 1 is 1.42 bits per heavy atom. The van der Waals surface area contributed by atoms with Crippen LogP contribution in [-0.2, 0) is 6.54 Å². The Morgan fingerprint density at radius 3 is 2.68 bits per heavy atom. The number of alkyl halides is 3. The number of amidine groups is 1. The van der Waals surface area contributed by atoms with Crippen molar-refractivity contribution < 1.29 is 13.2 Å². The molecule has 0 bridgehead atoms. The van der Waals surface area contributed by atoms with Crippen molar-refractivity contribution in [3.8, 4) is 0 Å². The molecule has 2 aromatic rings. The van der Waals surface area contributed by atoms with Crippen LogP contribution in [0.5, 0.6) is 0 Å². The summed E-state index contributed by atoms with van der Waals surface area (Å²) in [5.74, 6) is -0.333. The van der Waals surface area contributed by atoms with Crippen molar-refractivity contribution in [3.63, 3.8) is 0 Å². The molecule has 0 fully saturated rings. The Labute approximate surface area is 110 Å². The minimum atomic E-state index is -4.30. The van der Waals surface area contributed by atoms with Gasteiger partial charge in [0, 0.05) is 0 Å². The summed E-state index contributed by atoms with van der Waals surface area (Å²) in [6.07, 6.45) is -5.34. The third kappa shape index (κ3) is 2.95. The van der Waals surface area contributed by atoms with Gasteiger partial charge in [0.25, 0.3) is 0 Å². The molecule has 0 radical (unpaired) electrons. The van der Waals surface area contributed by atoms with E-state index >= 15 is 0 Å². The zero-order chi connectivity index (χ0) is 14.2. The van der Waals surface area contributed by atoms with E-state index in [1.165, 1.54) is 12.1 Å². The highest BCUT2D eigenvalue weighted by Crippen LogP contribution is 2.23. The Bertz CT molecular complexity index is 634. The number of nitrogens with zero attached hydrogens (tertiary/aromatic N) is 3. The van der Waals surface area contributed by atoms with Gasteiger partial charge in [0.15, 0.2) is 5.65 Å². The van der Waals surface area contributed by atoms with Crippen molar-refractivity contribution in [3.05, 3.63) is 23.0 Å². The average Bonchev–Trinajstić information content (AvgIpc) is 2.63. The van der Waals surface area contributed by atoms with Crippen LogP contribution in [-0.4, -0.2) is 26.8 Å². The molecule has 0 amide bonds. The SMILES string of the molecule is N=C(N)c1nn(CCC(F)(F)F)c2nc(Cl)ccc12. The van der Waals surface area contributed by atoms with E-state index in [9.17, 15) is 13.2 Å². The standard InChI is InChI=1S/C10H9ClF3N5/c11-6-2-1-5-7(8(15)16)18-19(9(5)17-6)4-3-10(12,13)14/h1-2H,3-4H2,(H3,15,16). The first-order chi connectivity index (χ1) is 8.78. The normalized spacial score (nSPS) is 12.0. The number of nitrogen functional groups attached to an aromatic ring is 1. The Balaban J connectivity index is 2.48. The van der Waals surface area contributed by atoms with Gasteiger partial charge in [-0.05, 0) is 12.1 Å². The van der Waals surface area contributed by atoms with E-state index in [4.69, 9.17) is 22.7 Å². The van der Waals surface area contributed by atoms with Gasteiger partial charge in [0.05, 0.1) is 18.4 Å². The Morgan fingerprint density at radius 2 is 2.11 bits per heavy atom. The zero-order valence-corrected chi connectivity index (χ0v) is 10.3. The maximum absolute atomic E-state index is 12.2. The number of halogens is 4. The second-order valence-corrected chi connectivity index (χ2v) is 4.24. The molecule has 0 saturated carbocycles. The maximum Gasteiger partial charge on any atom is 0.390 e. The molecule has 0 spiro atoms. The second kappa shape index (κ2) is 4.69. The molecule has 5 nitrogen and oxygen atoms in total. The fourth-order valence-electron chi connectivity index (χ4n) is 1.62. The number of nitrogens with two attached hydrogens (primary N) is 1. The fraction of sp³-hybridized carbons (Fsp3) is 0.300. The number of aromatic nitrogens is 3. The lowest BCUT2D eigenvalue weighted by Crippen LogP contribution is -2.15. The molecule has 102 valence electrons. The number of fused-ring (bicyclic) bond motifs is 1. The quantitative estimate of drug-likeness (QED) is 0.517. The van der Waals surface area contributed by atoms with Gasteiger partial charge in [-0.25, -0.2) is 9.67 Å². The molecule has 0 atom stereocenters. The zero-order valence-electron chi connectivity index (χ0n) is 9.50. The summed E-state index contributed by atoms with van der Waals surface area (Å²) >= 11 is 5.71. The fourth-order valence-corrected chi connectivity index (χ4v) is 1.76. The van der Waals surface area contributed by atoms with Crippen molar-refractivity contribution in [1.82, 2.24) is 14.8 Å². The lowest BCUT2D eigenvalue weighted by Gasteiger charge is -2.06.